The molecule has 148 valence electrons. The van der Waals surface area contributed by atoms with Crippen LogP contribution in [0.15, 0.2) is 0 Å². The van der Waals surface area contributed by atoms with Gasteiger partial charge in [-0.1, -0.05) is 6.92 Å². The van der Waals surface area contributed by atoms with Gasteiger partial charge in [0.15, 0.2) is 0 Å². The molecule has 3 amide bonds. The molecule has 2 rings (SSSR count). The minimum atomic E-state index is -1.07. The van der Waals surface area contributed by atoms with Crippen molar-refractivity contribution in [2.75, 3.05) is 32.8 Å². The zero-order chi connectivity index (χ0) is 19.3. The maximum atomic E-state index is 12.9. The number of hydrogen-bond acceptors (Lipinski definition) is 4. The number of rotatable bonds is 4. The van der Waals surface area contributed by atoms with Crippen LogP contribution in [0.2, 0.25) is 0 Å². The molecule has 26 heavy (non-hydrogen) atoms. The molecule has 2 aliphatic heterocycles. The minimum Gasteiger partial charge on any atom is -0.450 e. The summed E-state index contributed by atoms with van der Waals surface area (Å²) in [4.78, 5) is 40.8. The lowest BCUT2D eigenvalue weighted by molar-refractivity contribution is -0.150. The van der Waals surface area contributed by atoms with E-state index >= 15 is 0 Å². The molecular formula is C19H33N3O4. The van der Waals surface area contributed by atoms with Crippen LogP contribution in [-0.2, 0) is 14.3 Å². The van der Waals surface area contributed by atoms with Crippen LogP contribution in [0.5, 0.6) is 0 Å². The third-order valence-electron chi connectivity index (χ3n) is 5.40. The predicted octanol–water partition coefficient (Wildman–Crippen LogP) is 2.01. The van der Waals surface area contributed by atoms with E-state index in [1.54, 1.807) is 25.7 Å². The Morgan fingerprint density at radius 1 is 1.08 bits per heavy atom. The van der Waals surface area contributed by atoms with E-state index < -0.39 is 5.41 Å². The van der Waals surface area contributed by atoms with Crippen molar-refractivity contribution >= 4 is 17.9 Å². The molecule has 2 heterocycles. The lowest BCUT2D eigenvalue weighted by Crippen LogP contribution is -2.55. The molecule has 0 bridgehead atoms. The van der Waals surface area contributed by atoms with Crippen LogP contribution in [0.1, 0.15) is 53.4 Å². The van der Waals surface area contributed by atoms with Gasteiger partial charge in [0, 0.05) is 32.2 Å². The van der Waals surface area contributed by atoms with Crippen LogP contribution in [0.3, 0.4) is 0 Å². The molecule has 1 atom stereocenters. The normalized spacial score (nSPS) is 22.1. The predicted molar refractivity (Wildman–Crippen MR) is 98.5 cm³/mol. The Bertz CT molecular complexity index is 527. The zero-order valence-electron chi connectivity index (χ0n) is 16.5. The number of likely N-dealkylation sites (tertiary alicyclic amines) is 2. The highest BCUT2D eigenvalue weighted by molar-refractivity contribution is 6.04. The van der Waals surface area contributed by atoms with Gasteiger partial charge < -0.3 is 19.9 Å². The van der Waals surface area contributed by atoms with Crippen molar-refractivity contribution in [3.05, 3.63) is 0 Å². The van der Waals surface area contributed by atoms with E-state index in [0.29, 0.717) is 38.5 Å². The summed E-state index contributed by atoms with van der Waals surface area (Å²) in [6, 6.07) is -0.0134. The van der Waals surface area contributed by atoms with Crippen molar-refractivity contribution < 1.29 is 19.1 Å². The number of amides is 3. The highest BCUT2D eigenvalue weighted by Gasteiger charge is 2.41. The third-order valence-corrected chi connectivity index (χ3v) is 5.40. The number of nitrogens with one attached hydrogen (secondary N) is 1. The molecule has 1 unspecified atom stereocenters. The topological polar surface area (TPSA) is 79.0 Å². The molecule has 1 N–H and O–H groups in total. The number of carbonyl (C=O) groups is 3. The molecule has 2 aliphatic rings. The van der Waals surface area contributed by atoms with E-state index in [1.165, 1.54) is 0 Å². The fourth-order valence-electron chi connectivity index (χ4n) is 3.65. The summed E-state index contributed by atoms with van der Waals surface area (Å²) in [6.07, 6.45) is 3.18. The van der Waals surface area contributed by atoms with Crippen molar-refractivity contribution in [3.63, 3.8) is 0 Å². The third kappa shape index (κ3) is 4.89. The van der Waals surface area contributed by atoms with Crippen LogP contribution < -0.4 is 5.32 Å². The molecule has 7 heteroatoms. The van der Waals surface area contributed by atoms with E-state index in [-0.39, 0.29) is 23.9 Å². The molecule has 0 saturated carbocycles. The second-order valence-electron chi connectivity index (χ2n) is 8.06. The molecule has 0 aromatic heterocycles. The standard InChI is InChI=1S/C19H33N3O4/c1-5-26-18(25)21-11-8-15(9-12-21)20-16(23)19(3,4)17(24)22-10-6-7-14(2)13-22/h14-15H,5-13H2,1-4H3,(H,20,23). The first-order valence-corrected chi connectivity index (χ1v) is 9.77. The molecule has 0 aromatic carbocycles. The van der Waals surface area contributed by atoms with Gasteiger partial charge in [0.1, 0.15) is 5.41 Å². The van der Waals surface area contributed by atoms with Crippen molar-refractivity contribution in [1.29, 1.82) is 0 Å². The fourth-order valence-corrected chi connectivity index (χ4v) is 3.65. The molecule has 2 saturated heterocycles. The Hall–Kier alpha value is -1.79. The number of hydrogen-bond donors (Lipinski definition) is 1. The van der Waals surface area contributed by atoms with Crippen LogP contribution in [0.25, 0.3) is 0 Å². The SMILES string of the molecule is CCOC(=O)N1CCC(NC(=O)C(C)(C)C(=O)N2CCCC(C)C2)CC1. The Balaban J connectivity index is 1.86. The Morgan fingerprint density at radius 3 is 2.31 bits per heavy atom. The highest BCUT2D eigenvalue weighted by Crippen LogP contribution is 2.25. The summed E-state index contributed by atoms with van der Waals surface area (Å²) in [6.45, 7) is 10.3. The number of piperidine rings is 2. The van der Waals surface area contributed by atoms with Crippen molar-refractivity contribution in [2.24, 2.45) is 11.3 Å². The second-order valence-corrected chi connectivity index (χ2v) is 8.06. The average Bonchev–Trinajstić information content (AvgIpc) is 2.61. The highest BCUT2D eigenvalue weighted by atomic mass is 16.6. The van der Waals surface area contributed by atoms with Crippen molar-refractivity contribution in [1.82, 2.24) is 15.1 Å². The van der Waals surface area contributed by atoms with E-state index in [4.69, 9.17) is 4.74 Å². The van der Waals surface area contributed by atoms with Gasteiger partial charge in [-0.15, -0.1) is 0 Å². The Labute approximate surface area is 156 Å². The summed E-state index contributed by atoms with van der Waals surface area (Å²) < 4.78 is 5.01. The Kier molecular flexibility index (Phi) is 6.89. The summed E-state index contributed by atoms with van der Waals surface area (Å²) >= 11 is 0. The van der Waals surface area contributed by atoms with Crippen LogP contribution in [0, 0.1) is 11.3 Å². The van der Waals surface area contributed by atoms with E-state index in [0.717, 1.165) is 25.9 Å². The number of ether oxygens (including phenoxy) is 1. The summed E-state index contributed by atoms with van der Waals surface area (Å²) in [5, 5.41) is 3.02. The van der Waals surface area contributed by atoms with Gasteiger partial charge in [-0.3, -0.25) is 9.59 Å². The first kappa shape index (κ1) is 20.5. The van der Waals surface area contributed by atoms with Gasteiger partial charge in [-0.25, -0.2) is 4.79 Å². The number of carbonyl (C=O) groups excluding carboxylic acids is 3. The van der Waals surface area contributed by atoms with Gasteiger partial charge in [0.25, 0.3) is 0 Å². The minimum absolute atomic E-state index is 0.0134. The first-order valence-electron chi connectivity index (χ1n) is 9.77. The summed E-state index contributed by atoms with van der Waals surface area (Å²) in [5.74, 6) is 0.166. The van der Waals surface area contributed by atoms with Gasteiger partial charge >= 0.3 is 6.09 Å². The van der Waals surface area contributed by atoms with Gasteiger partial charge in [0.05, 0.1) is 6.61 Å². The monoisotopic (exact) mass is 367 g/mol. The zero-order valence-corrected chi connectivity index (χ0v) is 16.5. The second kappa shape index (κ2) is 8.73. The lowest BCUT2D eigenvalue weighted by atomic mass is 9.87. The van der Waals surface area contributed by atoms with Gasteiger partial charge in [-0.2, -0.15) is 0 Å². The molecule has 0 aliphatic carbocycles. The lowest BCUT2D eigenvalue weighted by Gasteiger charge is -2.37. The quantitative estimate of drug-likeness (QED) is 0.771. The molecule has 0 aromatic rings. The fraction of sp³-hybridized carbons (Fsp3) is 0.842. The van der Waals surface area contributed by atoms with Crippen molar-refractivity contribution in [2.45, 2.75) is 59.4 Å². The van der Waals surface area contributed by atoms with Crippen LogP contribution >= 0.6 is 0 Å². The van der Waals surface area contributed by atoms with Crippen molar-refractivity contribution in [3.8, 4) is 0 Å². The Morgan fingerprint density at radius 2 is 1.73 bits per heavy atom. The molecule has 7 nitrogen and oxygen atoms in total. The number of nitrogens with zero attached hydrogens (tertiary/aromatic N) is 2. The van der Waals surface area contributed by atoms with Crippen LogP contribution in [0.4, 0.5) is 4.79 Å². The molecule has 0 spiro atoms. The molecular weight excluding hydrogens is 334 g/mol. The van der Waals surface area contributed by atoms with E-state index in [9.17, 15) is 14.4 Å². The summed E-state index contributed by atoms with van der Waals surface area (Å²) in [7, 11) is 0. The van der Waals surface area contributed by atoms with E-state index in [2.05, 4.69) is 12.2 Å². The maximum Gasteiger partial charge on any atom is 0.409 e. The molecule has 2 fully saturated rings. The maximum absolute atomic E-state index is 12.9. The summed E-state index contributed by atoms with van der Waals surface area (Å²) in [5.41, 5.74) is -1.07. The molecule has 0 radical (unpaired) electrons. The smallest absolute Gasteiger partial charge is 0.409 e. The van der Waals surface area contributed by atoms with Crippen LogP contribution in [-0.4, -0.2) is 66.5 Å². The first-order chi connectivity index (χ1) is 12.3. The largest absolute Gasteiger partial charge is 0.450 e. The average molecular weight is 367 g/mol. The van der Waals surface area contributed by atoms with Gasteiger partial charge in [0.2, 0.25) is 11.8 Å². The van der Waals surface area contributed by atoms with E-state index in [1.807, 2.05) is 4.90 Å². The van der Waals surface area contributed by atoms with Gasteiger partial charge in [-0.05, 0) is 52.4 Å².